The van der Waals surface area contributed by atoms with Crippen molar-refractivity contribution in [2.75, 3.05) is 20.6 Å². The fourth-order valence-electron chi connectivity index (χ4n) is 3.14. The zero-order chi connectivity index (χ0) is 19.1. The summed E-state index contributed by atoms with van der Waals surface area (Å²) in [5, 5.41) is 3.11. The first-order valence-corrected chi connectivity index (χ1v) is 9.06. The Labute approximate surface area is 160 Å². The molecule has 0 saturated carbocycles. The molecular weight excluding hydrogens is 338 g/mol. The normalized spacial score (nSPS) is 13.3. The van der Waals surface area contributed by atoms with Gasteiger partial charge in [-0.2, -0.15) is 0 Å². The van der Waals surface area contributed by atoms with Crippen LogP contribution in [0.3, 0.4) is 0 Å². The number of nitrogens with one attached hydrogen (secondary N) is 1. The summed E-state index contributed by atoms with van der Waals surface area (Å²) in [6, 6.07) is 17.6. The van der Waals surface area contributed by atoms with Crippen LogP contribution in [0, 0.1) is 0 Å². The number of pyridine rings is 1. The van der Waals surface area contributed by atoms with Gasteiger partial charge in [-0.3, -0.25) is 14.7 Å². The Bertz CT molecular complexity index is 817. The Hall–Kier alpha value is -2.92. The minimum Gasteiger partial charge on any atom is -0.468 e. The molecule has 1 amide bonds. The lowest BCUT2D eigenvalue weighted by atomic mass is 9.91. The van der Waals surface area contributed by atoms with E-state index in [4.69, 9.17) is 4.42 Å². The molecule has 3 rings (SSSR count). The average Bonchev–Trinajstić information content (AvgIpc) is 3.22. The van der Waals surface area contributed by atoms with E-state index in [0.717, 1.165) is 16.9 Å². The molecule has 1 N–H and O–H groups in total. The van der Waals surface area contributed by atoms with E-state index in [1.807, 2.05) is 79.8 Å². The fourth-order valence-corrected chi connectivity index (χ4v) is 3.14. The third-order valence-corrected chi connectivity index (χ3v) is 4.65. The van der Waals surface area contributed by atoms with Crippen LogP contribution in [0.2, 0.25) is 0 Å². The first-order chi connectivity index (χ1) is 13.1. The number of aromatic nitrogens is 1. The van der Waals surface area contributed by atoms with Gasteiger partial charge in [-0.15, -0.1) is 0 Å². The number of amides is 1. The van der Waals surface area contributed by atoms with Gasteiger partial charge in [-0.25, -0.2) is 0 Å². The maximum absolute atomic E-state index is 13.1. The van der Waals surface area contributed by atoms with Gasteiger partial charge in [0.15, 0.2) is 0 Å². The summed E-state index contributed by atoms with van der Waals surface area (Å²) in [6.45, 7) is 0.482. The number of likely N-dealkylation sites (N-methyl/N-ethyl adjacent to an activating group) is 1. The van der Waals surface area contributed by atoms with Crippen LogP contribution in [0.4, 0.5) is 0 Å². The molecule has 0 aliphatic carbocycles. The lowest BCUT2D eigenvalue weighted by Crippen LogP contribution is -2.37. The lowest BCUT2D eigenvalue weighted by molar-refractivity contribution is -0.122. The van der Waals surface area contributed by atoms with Gasteiger partial charge in [0.2, 0.25) is 5.91 Å². The first kappa shape index (κ1) is 18.9. The van der Waals surface area contributed by atoms with E-state index in [-0.39, 0.29) is 17.9 Å². The van der Waals surface area contributed by atoms with Crippen LogP contribution in [-0.2, 0) is 11.2 Å². The van der Waals surface area contributed by atoms with Crippen LogP contribution in [0.1, 0.15) is 28.8 Å². The third-order valence-electron chi connectivity index (χ3n) is 4.65. The second-order valence-corrected chi connectivity index (χ2v) is 6.77. The third kappa shape index (κ3) is 5.05. The van der Waals surface area contributed by atoms with Crippen LogP contribution in [0.25, 0.3) is 0 Å². The number of benzene rings is 1. The number of hydrogen-bond donors (Lipinski definition) is 1. The van der Waals surface area contributed by atoms with Crippen molar-refractivity contribution in [1.82, 2.24) is 15.2 Å². The quantitative estimate of drug-likeness (QED) is 0.666. The summed E-state index contributed by atoms with van der Waals surface area (Å²) in [5.74, 6) is 0.571. The highest BCUT2D eigenvalue weighted by Gasteiger charge is 2.24. The Morgan fingerprint density at radius 3 is 2.56 bits per heavy atom. The summed E-state index contributed by atoms with van der Waals surface area (Å²) >= 11 is 0. The van der Waals surface area contributed by atoms with E-state index < -0.39 is 0 Å². The molecule has 2 atom stereocenters. The molecule has 0 saturated heterocycles. The number of carbonyl (C=O) groups excluding carboxylic acids is 1. The van der Waals surface area contributed by atoms with E-state index in [0.29, 0.717) is 13.0 Å². The standard InChI is InChI=1S/C22H25N3O2/c1-25(2)20(21-11-7-13-27-21)16-24-22(26)19(18-9-4-3-5-10-18)14-17-8-6-12-23-15-17/h3-13,15,19-20H,14,16H2,1-2H3,(H,24,26). The van der Waals surface area contributed by atoms with E-state index in [1.54, 1.807) is 12.5 Å². The smallest absolute Gasteiger partial charge is 0.227 e. The van der Waals surface area contributed by atoms with Gasteiger partial charge in [-0.1, -0.05) is 36.4 Å². The molecule has 2 unspecified atom stereocenters. The Morgan fingerprint density at radius 1 is 1.11 bits per heavy atom. The topological polar surface area (TPSA) is 58.4 Å². The van der Waals surface area contributed by atoms with Crippen LogP contribution in [0.5, 0.6) is 0 Å². The number of nitrogens with zero attached hydrogens (tertiary/aromatic N) is 2. The van der Waals surface area contributed by atoms with Gasteiger partial charge < -0.3 is 9.73 Å². The lowest BCUT2D eigenvalue weighted by Gasteiger charge is -2.24. The zero-order valence-corrected chi connectivity index (χ0v) is 15.7. The Kier molecular flexibility index (Phi) is 6.39. The number of carbonyl (C=O) groups is 1. The van der Waals surface area contributed by atoms with E-state index in [1.165, 1.54) is 0 Å². The first-order valence-electron chi connectivity index (χ1n) is 9.06. The van der Waals surface area contributed by atoms with Crippen molar-refractivity contribution in [2.45, 2.75) is 18.4 Å². The summed E-state index contributed by atoms with van der Waals surface area (Å²) in [5.41, 5.74) is 2.04. The molecule has 5 heteroatoms. The largest absolute Gasteiger partial charge is 0.468 e. The van der Waals surface area contributed by atoms with Crippen molar-refractivity contribution >= 4 is 5.91 Å². The molecule has 0 radical (unpaired) electrons. The maximum Gasteiger partial charge on any atom is 0.227 e. The minimum absolute atomic E-state index is 0.00320. The van der Waals surface area contributed by atoms with Gasteiger partial charge in [0.05, 0.1) is 18.2 Å². The van der Waals surface area contributed by atoms with Gasteiger partial charge in [0.1, 0.15) is 5.76 Å². The van der Waals surface area contributed by atoms with Crippen molar-refractivity contribution in [3.63, 3.8) is 0 Å². The second kappa shape index (κ2) is 9.14. The second-order valence-electron chi connectivity index (χ2n) is 6.77. The predicted octanol–water partition coefficient (Wildman–Crippen LogP) is 3.42. The summed E-state index contributed by atoms with van der Waals surface area (Å²) in [4.78, 5) is 19.3. The van der Waals surface area contributed by atoms with Crippen molar-refractivity contribution < 1.29 is 9.21 Å². The van der Waals surface area contributed by atoms with E-state index in [2.05, 4.69) is 10.3 Å². The van der Waals surface area contributed by atoms with Crippen molar-refractivity contribution in [3.8, 4) is 0 Å². The van der Waals surface area contributed by atoms with Crippen molar-refractivity contribution in [3.05, 3.63) is 90.1 Å². The molecule has 2 aromatic heterocycles. The number of rotatable bonds is 8. The minimum atomic E-state index is -0.269. The molecule has 0 aliphatic heterocycles. The SMILES string of the molecule is CN(C)C(CNC(=O)C(Cc1cccnc1)c1ccccc1)c1ccco1. The van der Waals surface area contributed by atoms with Gasteiger partial charge in [0.25, 0.3) is 0 Å². The molecule has 0 aliphatic rings. The molecule has 0 bridgehead atoms. The molecule has 2 heterocycles. The van der Waals surface area contributed by atoms with Crippen LogP contribution in [0.15, 0.2) is 77.7 Å². The summed E-state index contributed by atoms with van der Waals surface area (Å²) < 4.78 is 5.53. The Morgan fingerprint density at radius 2 is 1.93 bits per heavy atom. The molecule has 3 aromatic rings. The maximum atomic E-state index is 13.1. The summed E-state index contributed by atoms with van der Waals surface area (Å²) in [6.07, 6.45) is 5.82. The molecular formula is C22H25N3O2. The van der Waals surface area contributed by atoms with E-state index >= 15 is 0 Å². The Balaban J connectivity index is 1.74. The van der Waals surface area contributed by atoms with Gasteiger partial charge in [-0.05, 0) is 49.8 Å². The molecule has 1 aromatic carbocycles. The molecule has 5 nitrogen and oxygen atoms in total. The number of hydrogen-bond acceptors (Lipinski definition) is 4. The van der Waals surface area contributed by atoms with Crippen molar-refractivity contribution in [2.24, 2.45) is 0 Å². The van der Waals surface area contributed by atoms with Crippen LogP contribution >= 0.6 is 0 Å². The van der Waals surface area contributed by atoms with E-state index in [9.17, 15) is 4.79 Å². The highest BCUT2D eigenvalue weighted by Crippen LogP contribution is 2.22. The highest BCUT2D eigenvalue weighted by atomic mass is 16.3. The summed E-state index contributed by atoms with van der Waals surface area (Å²) in [7, 11) is 3.95. The zero-order valence-electron chi connectivity index (χ0n) is 15.7. The number of furan rings is 1. The van der Waals surface area contributed by atoms with Crippen molar-refractivity contribution in [1.29, 1.82) is 0 Å². The van der Waals surface area contributed by atoms with Crippen LogP contribution in [-0.4, -0.2) is 36.4 Å². The van der Waals surface area contributed by atoms with Gasteiger partial charge in [0, 0.05) is 18.9 Å². The fraction of sp³-hybridized carbons (Fsp3) is 0.273. The van der Waals surface area contributed by atoms with Gasteiger partial charge >= 0.3 is 0 Å². The predicted molar refractivity (Wildman–Crippen MR) is 105 cm³/mol. The highest BCUT2D eigenvalue weighted by molar-refractivity contribution is 5.84. The molecule has 0 fully saturated rings. The molecule has 0 spiro atoms. The molecule has 27 heavy (non-hydrogen) atoms. The van der Waals surface area contributed by atoms with Crippen LogP contribution < -0.4 is 5.32 Å². The molecule has 140 valence electrons. The average molecular weight is 363 g/mol. The monoisotopic (exact) mass is 363 g/mol.